The fraction of sp³-hybridized carbons (Fsp3) is 0.269. The molecule has 6 nitrogen and oxygen atoms in total. The van der Waals surface area contributed by atoms with Crippen LogP contribution in [0.5, 0.6) is 0 Å². The maximum atomic E-state index is 13.7. The minimum absolute atomic E-state index is 0.0798. The van der Waals surface area contributed by atoms with E-state index >= 15 is 0 Å². The Balaban J connectivity index is 1.39. The number of benzene rings is 2. The van der Waals surface area contributed by atoms with E-state index < -0.39 is 23.8 Å². The van der Waals surface area contributed by atoms with Crippen LogP contribution in [0.2, 0.25) is 0 Å². The molecule has 34 heavy (non-hydrogen) atoms. The van der Waals surface area contributed by atoms with E-state index in [1.54, 1.807) is 18.4 Å². The number of carbonyl (C=O) groups excluding carboxylic acids is 1. The quantitative estimate of drug-likeness (QED) is 0.314. The van der Waals surface area contributed by atoms with E-state index in [0.29, 0.717) is 24.4 Å². The third kappa shape index (κ3) is 6.30. The highest BCUT2D eigenvalue weighted by molar-refractivity contribution is 5.80. The second kappa shape index (κ2) is 11.1. The molecule has 3 N–H and O–H groups in total. The van der Waals surface area contributed by atoms with E-state index in [4.69, 9.17) is 4.42 Å². The number of aromatic nitrogens is 1. The summed E-state index contributed by atoms with van der Waals surface area (Å²) in [7, 11) is 0. The van der Waals surface area contributed by atoms with Crippen molar-refractivity contribution in [3.05, 3.63) is 96.1 Å². The zero-order chi connectivity index (χ0) is 23.9. The Labute approximate surface area is 196 Å². The van der Waals surface area contributed by atoms with Gasteiger partial charge >= 0.3 is 0 Å². The van der Waals surface area contributed by atoms with E-state index in [1.807, 2.05) is 41.1 Å². The fourth-order valence-electron chi connectivity index (χ4n) is 4.00. The number of furan rings is 1. The summed E-state index contributed by atoms with van der Waals surface area (Å²) < 4.78 is 34.6. The number of rotatable bonds is 11. The molecule has 8 heteroatoms. The van der Waals surface area contributed by atoms with Crippen LogP contribution in [-0.2, 0) is 24.3 Å². The van der Waals surface area contributed by atoms with Crippen LogP contribution in [0.25, 0.3) is 10.9 Å². The molecule has 0 aliphatic carbocycles. The Bertz CT molecular complexity index is 1200. The van der Waals surface area contributed by atoms with Crippen LogP contribution in [0.3, 0.4) is 0 Å². The molecular formula is C26H27F2N3O3. The van der Waals surface area contributed by atoms with Gasteiger partial charge in [-0.05, 0) is 53.8 Å². The van der Waals surface area contributed by atoms with E-state index in [9.17, 15) is 18.7 Å². The zero-order valence-corrected chi connectivity index (χ0v) is 18.6. The van der Waals surface area contributed by atoms with Gasteiger partial charge in [0.05, 0.1) is 25.0 Å². The van der Waals surface area contributed by atoms with Gasteiger partial charge in [0.1, 0.15) is 17.4 Å². The lowest BCUT2D eigenvalue weighted by molar-refractivity contribution is -0.122. The van der Waals surface area contributed by atoms with Crippen molar-refractivity contribution in [2.24, 2.45) is 0 Å². The van der Waals surface area contributed by atoms with Gasteiger partial charge < -0.3 is 24.7 Å². The number of nitrogens with one attached hydrogen (secondary N) is 2. The molecular weight excluding hydrogens is 440 g/mol. The first kappa shape index (κ1) is 23.7. The Kier molecular flexibility index (Phi) is 7.72. The van der Waals surface area contributed by atoms with Gasteiger partial charge in [0.15, 0.2) is 0 Å². The second-order valence-corrected chi connectivity index (χ2v) is 8.25. The standard InChI is InChI=1S/C26H27F2N3O3/c27-20-12-18(13-21(28)15-20)14-23(25(32)17-29-16-22-5-3-11-34-22)30-26(33)8-10-31-9-7-19-4-1-2-6-24(19)31/h1-7,9,11-13,15,23,25,29,32H,8,10,14,16-17H2,(H,30,33). The second-order valence-electron chi connectivity index (χ2n) is 8.25. The Morgan fingerprint density at radius 3 is 2.62 bits per heavy atom. The van der Waals surface area contributed by atoms with Gasteiger partial charge in [-0.25, -0.2) is 8.78 Å². The first-order valence-electron chi connectivity index (χ1n) is 11.2. The molecule has 2 unspecified atom stereocenters. The zero-order valence-electron chi connectivity index (χ0n) is 18.6. The number of para-hydroxylation sites is 1. The highest BCUT2D eigenvalue weighted by atomic mass is 19.1. The predicted octanol–water partition coefficient (Wildman–Crippen LogP) is 3.78. The van der Waals surface area contributed by atoms with Crippen molar-refractivity contribution in [3.8, 4) is 0 Å². The minimum Gasteiger partial charge on any atom is -0.468 e. The average Bonchev–Trinajstić information content (AvgIpc) is 3.46. The molecule has 0 bridgehead atoms. The number of aliphatic hydroxyl groups excluding tert-OH is 1. The first-order valence-corrected chi connectivity index (χ1v) is 11.2. The normalized spacial score (nSPS) is 13.1. The lowest BCUT2D eigenvalue weighted by Crippen LogP contribution is -2.48. The molecule has 2 aromatic heterocycles. The molecule has 2 atom stereocenters. The number of aliphatic hydroxyl groups is 1. The predicted molar refractivity (Wildman–Crippen MR) is 125 cm³/mol. The van der Waals surface area contributed by atoms with Crippen molar-refractivity contribution < 1.29 is 23.1 Å². The van der Waals surface area contributed by atoms with Crippen molar-refractivity contribution in [3.63, 3.8) is 0 Å². The van der Waals surface area contributed by atoms with Gasteiger partial charge in [-0.2, -0.15) is 0 Å². The third-order valence-electron chi connectivity index (χ3n) is 5.68. The van der Waals surface area contributed by atoms with Gasteiger partial charge in [0, 0.05) is 37.3 Å². The fourth-order valence-corrected chi connectivity index (χ4v) is 4.00. The third-order valence-corrected chi connectivity index (χ3v) is 5.68. The molecule has 2 heterocycles. The molecule has 2 aromatic carbocycles. The number of amides is 1. The average molecular weight is 468 g/mol. The molecule has 0 fully saturated rings. The molecule has 0 saturated heterocycles. The number of aryl methyl sites for hydroxylation is 1. The summed E-state index contributed by atoms with van der Waals surface area (Å²) in [5.41, 5.74) is 1.38. The number of fused-ring (bicyclic) bond motifs is 1. The van der Waals surface area contributed by atoms with Crippen LogP contribution in [0.1, 0.15) is 17.7 Å². The molecule has 4 aromatic rings. The SMILES string of the molecule is O=C(CCn1ccc2ccccc21)NC(Cc1cc(F)cc(F)c1)C(O)CNCc1ccco1. The lowest BCUT2D eigenvalue weighted by atomic mass is 10.0. The number of carbonyl (C=O) groups is 1. The smallest absolute Gasteiger partial charge is 0.222 e. The summed E-state index contributed by atoms with van der Waals surface area (Å²) in [6, 6.07) is 15.9. The number of hydrogen-bond acceptors (Lipinski definition) is 4. The van der Waals surface area contributed by atoms with Gasteiger partial charge in [0.2, 0.25) is 5.91 Å². The molecule has 0 saturated carbocycles. The molecule has 0 aliphatic rings. The van der Waals surface area contributed by atoms with E-state index in [0.717, 1.165) is 17.0 Å². The van der Waals surface area contributed by atoms with Crippen LogP contribution in [0, 0.1) is 11.6 Å². The summed E-state index contributed by atoms with van der Waals surface area (Å²) in [4.78, 5) is 12.8. The van der Waals surface area contributed by atoms with Gasteiger partial charge in [-0.15, -0.1) is 0 Å². The van der Waals surface area contributed by atoms with Crippen molar-refractivity contribution in [1.82, 2.24) is 15.2 Å². The van der Waals surface area contributed by atoms with E-state index in [2.05, 4.69) is 10.6 Å². The van der Waals surface area contributed by atoms with Crippen LogP contribution in [0.4, 0.5) is 8.78 Å². The Morgan fingerprint density at radius 2 is 1.85 bits per heavy atom. The van der Waals surface area contributed by atoms with Gasteiger partial charge in [0.25, 0.3) is 0 Å². The number of hydrogen-bond donors (Lipinski definition) is 3. The van der Waals surface area contributed by atoms with Crippen LogP contribution < -0.4 is 10.6 Å². The molecule has 1 amide bonds. The Hall–Kier alpha value is -3.49. The topological polar surface area (TPSA) is 79.4 Å². The van der Waals surface area contributed by atoms with Crippen molar-refractivity contribution >= 4 is 16.8 Å². The number of halogens is 2. The summed E-state index contributed by atoms with van der Waals surface area (Å²) in [5, 5.41) is 17.8. The minimum atomic E-state index is -0.988. The highest BCUT2D eigenvalue weighted by Crippen LogP contribution is 2.16. The molecule has 178 valence electrons. The maximum absolute atomic E-state index is 13.7. The van der Waals surface area contributed by atoms with Crippen molar-refractivity contribution in [2.75, 3.05) is 6.54 Å². The molecule has 0 radical (unpaired) electrons. The van der Waals surface area contributed by atoms with Gasteiger partial charge in [-0.3, -0.25) is 4.79 Å². The molecule has 0 spiro atoms. The monoisotopic (exact) mass is 467 g/mol. The van der Waals surface area contributed by atoms with Crippen molar-refractivity contribution in [1.29, 1.82) is 0 Å². The van der Waals surface area contributed by atoms with E-state index in [-0.39, 0.29) is 25.3 Å². The summed E-state index contributed by atoms with van der Waals surface area (Å²) in [5.74, 6) is -0.960. The van der Waals surface area contributed by atoms with Crippen molar-refractivity contribution in [2.45, 2.75) is 38.1 Å². The summed E-state index contributed by atoms with van der Waals surface area (Å²) >= 11 is 0. The summed E-state index contributed by atoms with van der Waals surface area (Å²) in [6.07, 6.45) is 2.77. The maximum Gasteiger partial charge on any atom is 0.222 e. The van der Waals surface area contributed by atoms with E-state index in [1.165, 1.54) is 12.1 Å². The first-order chi connectivity index (χ1) is 16.5. The molecule has 0 aliphatic heterocycles. The van der Waals surface area contributed by atoms with Crippen LogP contribution in [0.15, 0.2) is 77.5 Å². The van der Waals surface area contributed by atoms with Gasteiger partial charge in [-0.1, -0.05) is 18.2 Å². The van der Waals surface area contributed by atoms with Crippen LogP contribution in [-0.4, -0.2) is 34.3 Å². The number of nitrogens with zero attached hydrogens (tertiary/aromatic N) is 1. The highest BCUT2D eigenvalue weighted by Gasteiger charge is 2.22. The lowest BCUT2D eigenvalue weighted by Gasteiger charge is -2.25. The summed E-state index contributed by atoms with van der Waals surface area (Å²) in [6.45, 7) is 1.03. The largest absolute Gasteiger partial charge is 0.468 e. The van der Waals surface area contributed by atoms with Crippen LogP contribution >= 0.6 is 0 Å². The Morgan fingerprint density at radius 1 is 1.06 bits per heavy atom. The molecule has 4 rings (SSSR count).